The summed E-state index contributed by atoms with van der Waals surface area (Å²) in [5, 5.41) is 9.68. The van der Waals surface area contributed by atoms with Crippen molar-refractivity contribution >= 4 is 5.91 Å². The summed E-state index contributed by atoms with van der Waals surface area (Å²) >= 11 is 0. The molecule has 0 radical (unpaired) electrons. The second-order valence-electron chi connectivity index (χ2n) is 5.19. The average molecular weight is 270 g/mol. The number of likely N-dealkylation sites (tertiary alicyclic amines) is 1. The number of aromatic nitrogens is 1. The zero-order valence-electron chi connectivity index (χ0n) is 11.3. The van der Waals surface area contributed by atoms with E-state index in [-0.39, 0.29) is 12.0 Å². The maximum Gasteiger partial charge on any atom is 0.254 e. The van der Waals surface area contributed by atoms with Crippen LogP contribution in [0.3, 0.4) is 0 Å². The highest BCUT2D eigenvalue weighted by atomic mass is 16.3. The number of nitrogens with zero attached hydrogens (tertiary/aromatic N) is 2. The molecule has 1 atom stereocenters. The maximum absolute atomic E-state index is 12.5. The van der Waals surface area contributed by atoms with Crippen molar-refractivity contribution in [3.63, 3.8) is 0 Å². The highest BCUT2D eigenvalue weighted by Crippen LogP contribution is 2.16. The third kappa shape index (κ3) is 2.60. The van der Waals surface area contributed by atoms with E-state index in [4.69, 9.17) is 0 Å². The molecule has 20 heavy (non-hydrogen) atoms. The topological polar surface area (TPSA) is 45.5 Å². The molecule has 4 heteroatoms. The smallest absolute Gasteiger partial charge is 0.254 e. The van der Waals surface area contributed by atoms with Gasteiger partial charge in [0.25, 0.3) is 5.91 Å². The Morgan fingerprint density at radius 3 is 2.75 bits per heavy atom. The number of benzene rings is 1. The Morgan fingerprint density at radius 2 is 2.00 bits per heavy atom. The molecule has 1 aromatic carbocycles. The largest absolute Gasteiger partial charge is 0.391 e. The lowest BCUT2D eigenvalue weighted by molar-refractivity contribution is 0.0474. The lowest BCUT2D eigenvalue weighted by atomic mass is 10.1. The molecule has 0 spiro atoms. The Hall–Kier alpha value is -2.07. The molecule has 104 valence electrons. The highest BCUT2D eigenvalue weighted by Gasteiger charge is 2.23. The Balaban J connectivity index is 1.83. The number of carbonyl (C=O) groups excluding carboxylic acids is 1. The summed E-state index contributed by atoms with van der Waals surface area (Å²) in [4.78, 5) is 14.2. The van der Waals surface area contributed by atoms with E-state index in [1.165, 1.54) is 0 Å². The molecule has 3 rings (SSSR count). The first-order chi connectivity index (χ1) is 9.74. The number of hydrogen-bond acceptors (Lipinski definition) is 2. The van der Waals surface area contributed by atoms with Crippen LogP contribution in [0.4, 0.5) is 0 Å². The van der Waals surface area contributed by atoms with Gasteiger partial charge in [-0.1, -0.05) is 6.07 Å². The van der Waals surface area contributed by atoms with Crippen molar-refractivity contribution in [2.45, 2.75) is 18.9 Å². The summed E-state index contributed by atoms with van der Waals surface area (Å²) in [6.45, 7) is 1.16. The predicted octanol–water partition coefficient (Wildman–Crippen LogP) is 2.07. The van der Waals surface area contributed by atoms with Gasteiger partial charge in [0.15, 0.2) is 0 Å². The van der Waals surface area contributed by atoms with E-state index >= 15 is 0 Å². The van der Waals surface area contributed by atoms with E-state index in [9.17, 15) is 9.90 Å². The van der Waals surface area contributed by atoms with Crippen LogP contribution in [0.1, 0.15) is 23.2 Å². The van der Waals surface area contributed by atoms with E-state index in [0.717, 1.165) is 25.1 Å². The number of carbonyl (C=O) groups is 1. The molecule has 4 nitrogen and oxygen atoms in total. The third-order valence-electron chi connectivity index (χ3n) is 3.68. The van der Waals surface area contributed by atoms with Crippen LogP contribution in [0.2, 0.25) is 0 Å². The molecule has 2 heterocycles. The van der Waals surface area contributed by atoms with Gasteiger partial charge in [0.2, 0.25) is 0 Å². The van der Waals surface area contributed by atoms with Crippen molar-refractivity contribution in [3.05, 3.63) is 54.4 Å². The van der Waals surface area contributed by atoms with Gasteiger partial charge in [0.1, 0.15) is 0 Å². The van der Waals surface area contributed by atoms with Crippen LogP contribution in [0.25, 0.3) is 5.69 Å². The summed E-state index contributed by atoms with van der Waals surface area (Å²) in [6.07, 6.45) is 5.17. The summed E-state index contributed by atoms with van der Waals surface area (Å²) in [5.74, 6) is -0.00208. The van der Waals surface area contributed by atoms with Gasteiger partial charge in [-0.25, -0.2) is 0 Å². The highest BCUT2D eigenvalue weighted by molar-refractivity contribution is 5.94. The van der Waals surface area contributed by atoms with Crippen LogP contribution >= 0.6 is 0 Å². The number of amides is 1. The minimum atomic E-state index is -0.389. The first-order valence-electron chi connectivity index (χ1n) is 6.95. The monoisotopic (exact) mass is 270 g/mol. The van der Waals surface area contributed by atoms with Crippen LogP contribution in [0.5, 0.6) is 0 Å². The molecule has 1 fully saturated rings. The van der Waals surface area contributed by atoms with E-state index in [1.54, 1.807) is 4.90 Å². The SMILES string of the molecule is O=C(c1cccc(-n2cccc2)c1)N1CCCC(O)C1. The Bertz CT molecular complexity index is 592. The van der Waals surface area contributed by atoms with Crippen molar-refractivity contribution < 1.29 is 9.90 Å². The van der Waals surface area contributed by atoms with Gasteiger partial charge in [0.05, 0.1) is 6.10 Å². The second-order valence-corrected chi connectivity index (χ2v) is 5.19. The van der Waals surface area contributed by atoms with Gasteiger partial charge >= 0.3 is 0 Å². The summed E-state index contributed by atoms with van der Waals surface area (Å²) in [5.41, 5.74) is 1.64. The molecule has 0 saturated carbocycles. The maximum atomic E-state index is 12.5. The van der Waals surface area contributed by atoms with Crippen LogP contribution in [0, 0.1) is 0 Å². The molecule has 1 aromatic heterocycles. The number of rotatable bonds is 2. The Morgan fingerprint density at radius 1 is 1.20 bits per heavy atom. The molecule has 1 amide bonds. The van der Waals surface area contributed by atoms with Crippen molar-refractivity contribution in [2.24, 2.45) is 0 Å². The van der Waals surface area contributed by atoms with Gasteiger partial charge in [-0.15, -0.1) is 0 Å². The predicted molar refractivity (Wildman–Crippen MR) is 76.9 cm³/mol. The average Bonchev–Trinajstić information content (AvgIpc) is 3.01. The minimum absolute atomic E-state index is 0.00208. The zero-order valence-corrected chi connectivity index (χ0v) is 11.3. The van der Waals surface area contributed by atoms with Crippen molar-refractivity contribution in [3.8, 4) is 5.69 Å². The van der Waals surface area contributed by atoms with Gasteiger partial charge in [0, 0.05) is 36.7 Å². The van der Waals surface area contributed by atoms with E-state index in [0.29, 0.717) is 12.1 Å². The van der Waals surface area contributed by atoms with Gasteiger partial charge in [-0.05, 0) is 43.2 Å². The summed E-state index contributed by atoms with van der Waals surface area (Å²) < 4.78 is 1.97. The molecule has 1 aliphatic heterocycles. The molecule has 1 unspecified atom stereocenters. The first kappa shape index (κ1) is 12.9. The number of aliphatic hydroxyl groups excluding tert-OH is 1. The fourth-order valence-corrected chi connectivity index (χ4v) is 2.63. The Kier molecular flexibility index (Phi) is 3.56. The van der Waals surface area contributed by atoms with Crippen LogP contribution in [-0.2, 0) is 0 Å². The van der Waals surface area contributed by atoms with Crippen molar-refractivity contribution in [1.29, 1.82) is 0 Å². The number of aliphatic hydroxyl groups is 1. The molecule has 0 aliphatic carbocycles. The molecular formula is C16H18N2O2. The van der Waals surface area contributed by atoms with E-state index in [2.05, 4.69) is 0 Å². The molecular weight excluding hydrogens is 252 g/mol. The van der Waals surface area contributed by atoms with Crippen molar-refractivity contribution in [2.75, 3.05) is 13.1 Å². The van der Waals surface area contributed by atoms with E-state index in [1.807, 2.05) is 53.4 Å². The molecule has 2 aromatic rings. The molecule has 0 bridgehead atoms. The zero-order chi connectivity index (χ0) is 13.9. The van der Waals surface area contributed by atoms with Gasteiger partial charge < -0.3 is 14.6 Å². The quantitative estimate of drug-likeness (QED) is 0.908. The van der Waals surface area contributed by atoms with Gasteiger partial charge in [-0.2, -0.15) is 0 Å². The van der Waals surface area contributed by atoms with Crippen molar-refractivity contribution in [1.82, 2.24) is 9.47 Å². The van der Waals surface area contributed by atoms with Crippen LogP contribution in [-0.4, -0.2) is 39.7 Å². The van der Waals surface area contributed by atoms with E-state index < -0.39 is 0 Å². The standard InChI is InChI=1S/C16H18N2O2/c19-15-7-4-10-18(12-15)16(20)13-5-3-6-14(11-13)17-8-1-2-9-17/h1-3,5-6,8-9,11,15,19H,4,7,10,12H2. The lowest BCUT2D eigenvalue weighted by Crippen LogP contribution is -2.42. The molecule has 1 N–H and O–H groups in total. The lowest BCUT2D eigenvalue weighted by Gasteiger charge is -2.30. The fraction of sp³-hybridized carbons (Fsp3) is 0.312. The molecule has 1 saturated heterocycles. The van der Waals surface area contributed by atoms with Gasteiger partial charge in [-0.3, -0.25) is 4.79 Å². The molecule has 1 aliphatic rings. The minimum Gasteiger partial charge on any atom is -0.391 e. The summed E-state index contributed by atoms with van der Waals surface area (Å²) in [7, 11) is 0. The number of hydrogen-bond donors (Lipinski definition) is 1. The van der Waals surface area contributed by atoms with Crippen LogP contribution in [0.15, 0.2) is 48.8 Å². The Labute approximate surface area is 118 Å². The first-order valence-corrected chi connectivity index (χ1v) is 6.95. The number of piperidine rings is 1. The number of β-amino-alcohol motifs (C(OH)–C–C–N with tert-alkyl or cyclic N) is 1. The fourth-order valence-electron chi connectivity index (χ4n) is 2.63. The van der Waals surface area contributed by atoms with Crippen LogP contribution < -0.4 is 0 Å². The normalized spacial score (nSPS) is 19.1. The second kappa shape index (κ2) is 5.51. The summed E-state index contributed by atoms with van der Waals surface area (Å²) in [6, 6.07) is 11.5. The third-order valence-corrected chi connectivity index (χ3v) is 3.68.